The third-order valence-electron chi connectivity index (χ3n) is 4.12. The SMILES string of the molecule is Cc1nn(-c2ccccn2)c2c1C(=O)CC(c1ccco1)C2. The fourth-order valence-corrected chi connectivity index (χ4v) is 3.15. The van der Waals surface area contributed by atoms with Crippen molar-refractivity contribution < 1.29 is 9.21 Å². The zero-order valence-electron chi connectivity index (χ0n) is 12.2. The fraction of sp³-hybridized carbons (Fsp3) is 0.235. The van der Waals surface area contributed by atoms with Crippen molar-refractivity contribution >= 4 is 5.78 Å². The van der Waals surface area contributed by atoms with Gasteiger partial charge < -0.3 is 4.42 Å². The molecule has 3 aromatic rings. The smallest absolute Gasteiger partial charge is 0.167 e. The van der Waals surface area contributed by atoms with E-state index in [1.165, 1.54) is 0 Å². The van der Waals surface area contributed by atoms with Crippen LogP contribution in [-0.4, -0.2) is 20.5 Å². The molecule has 0 aliphatic heterocycles. The number of hydrogen-bond acceptors (Lipinski definition) is 4. The highest BCUT2D eigenvalue weighted by Gasteiger charge is 2.33. The zero-order valence-corrected chi connectivity index (χ0v) is 12.2. The molecule has 1 aliphatic carbocycles. The van der Waals surface area contributed by atoms with Gasteiger partial charge in [-0.2, -0.15) is 5.10 Å². The van der Waals surface area contributed by atoms with Crippen molar-refractivity contribution in [1.29, 1.82) is 0 Å². The number of carbonyl (C=O) groups excluding carboxylic acids is 1. The van der Waals surface area contributed by atoms with E-state index in [4.69, 9.17) is 4.42 Å². The number of carbonyl (C=O) groups is 1. The largest absolute Gasteiger partial charge is 0.469 e. The van der Waals surface area contributed by atoms with Crippen molar-refractivity contribution in [3.8, 4) is 5.82 Å². The van der Waals surface area contributed by atoms with Gasteiger partial charge in [-0.15, -0.1) is 0 Å². The standard InChI is InChI=1S/C17H15N3O2/c1-11-17-13(20(19-11)16-6-2-3-7-18-16)9-12(10-14(17)21)15-5-4-8-22-15/h2-8,12H,9-10H2,1H3. The quantitative estimate of drug-likeness (QED) is 0.728. The summed E-state index contributed by atoms with van der Waals surface area (Å²) in [5.74, 6) is 1.78. The average molecular weight is 293 g/mol. The Morgan fingerprint density at radius 2 is 2.14 bits per heavy atom. The number of hydrogen-bond donors (Lipinski definition) is 0. The predicted octanol–water partition coefficient (Wildman–Crippen LogP) is 3.08. The number of furan rings is 1. The van der Waals surface area contributed by atoms with Crippen LogP contribution in [0, 0.1) is 6.92 Å². The molecule has 110 valence electrons. The molecule has 3 heterocycles. The Balaban J connectivity index is 1.83. The molecule has 3 aromatic heterocycles. The average Bonchev–Trinajstić information content (AvgIpc) is 3.16. The van der Waals surface area contributed by atoms with Gasteiger partial charge in [0.05, 0.1) is 23.2 Å². The van der Waals surface area contributed by atoms with Gasteiger partial charge in [-0.05, 0) is 31.2 Å². The van der Waals surface area contributed by atoms with Crippen LogP contribution in [0.2, 0.25) is 0 Å². The van der Waals surface area contributed by atoms with E-state index in [-0.39, 0.29) is 11.7 Å². The molecule has 1 aliphatic rings. The van der Waals surface area contributed by atoms with E-state index in [0.717, 1.165) is 35.0 Å². The second-order valence-corrected chi connectivity index (χ2v) is 5.55. The van der Waals surface area contributed by atoms with E-state index in [0.29, 0.717) is 6.42 Å². The normalized spacial score (nSPS) is 17.5. The van der Waals surface area contributed by atoms with Crippen LogP contribution in [0.25, 0.3) is 5.82 Å². The number of pyridine rings is 1. The van der Waals surface area contributed by atoms with Crippen LogP contribution in [-0.2, 0) is 6.42 Å². The van der Waals surface area contributed by atoms with Gasteiger partial charge in [0.15, 0.2) is 11.6 Å². The molecule has 1 unspecified atom stereocenters. The molecule has 1 atom stereocenters. The lowest BCUT2D eigenvalue weighted by Crippen LogP contribution is -2.20. The second kappa shape index (κ2) is 4.94. The number of aromatic nitrogens is 3. The van der Waals surface area contributed by atoms with Gasteiger partial charge in [0, 0.05) is 25.0 Å². The topological polar surface area (TPSA) is 60.9 Å². The Kier molecular flexibility index (Phi) is 2.92. The lowest BCUT2D eigenvalue weighted by atomic mass is 9.84. The third-order valence-corrected chi connectivity index (χ3v) is 4.12. The van der Waals surface area contributed by atoms with Crippen LogP contribution >= 0.6 is 0 Å². The van der Waals surface area contributed by atoms with E-state index in [1.54, 1.807) is 17.1 Å². The van der Waals surface area contributed by atoms with Crippen molar-refractivity contribution in [3.63, 3.8) is 0 Å². The number of rotatable bonds is 2. The van der Waals surface area contributed by atoms with Crippen LogP contribution in [0.4, 0.5) is 0 Å². The minimum absolute atomic E-state index is 0.0635. The molecule has 0 spiro atoms. The molecule has 0 saturated heterocycles. The van der Waals surface area contributed by atoms with Gasteiger partial charge in [0.2, 0.25) is 0 Å². The lowest BCUT2D eigenvalue weighted by Gasteiger charge is -2.20. The molecule has 0 amide bonds. The molecule has 5 heteroatoms. The van der Waals surface area contributed by atoms with Gasteiger partial charge in [-0.1, -0.05) is 6.07 Å². The molecule has 0 aromatic carbocycles. The Morgan fingerprint density at radius 3 is 2.86 bits per heavy atom. The van der Waals surface area contributed by atoms with Crippen LogP contribution in [0.1, 0.15) is 39.8 Å². The summed E-state index contributed by atoms with van der Waals surface area (Å²) in [5, 5.41) is 4.53. The summed E-state index contributed by atoms with van der Waals surface area (Å²) in [5.41, 5.74) is 2.44. The number of Topliss-reactive ketones (excluding diaryl/α,β-unsaturated/α-hetero) is 1. The number of fused-ring (bicyclic) bond motifs is 1. The van der Waals surface area contributed by atoms with Gasteiger partial charge >= 0.3 is 0 Å². The third kappa shape index (κ3) is 1.97. The fourth-order valence-electron chi connectivity index (χ4n) is 3.15. The first kappa shape index (κ1) is 13.0. The maximum atomic E-state index is 12.5. The molecule has 0 fully saturated rings. The minimum atomic E-state index is 0.0635. The van der Waals surface area contributed by atoms with Crippen LogP contribution in [0.15, 0.2) is 47.2 Å². The Labute approximate surface area is 127 Å². The van der Waals surface area contributed by atoms with Gasteiger partial charge in [-0.3, -0.25) is 4.79 Å². The van der Waals surface area contributed by atoms with E-state index in [1.807, 2.05) is 37.3 Å². The summed E-state index contributed by atoms with van der Waals surface area (Å²) < 4.78 is 7.28. The summed E-state index contributed by atoms with van der Waals surface area (Å²) in [6, 6.07) is 9.46. The highest BCUT2D eigenvalue weighted by atomic mass is 16.3. The van der Waals surface area contributed by atoms with Crippen molar-refractivity contribution in [2.75, 3.05) is 0 Å². The maximum absolute atomic E-state index is 12.5. The molecule has 0 bridgehead atoms. The molecule has 0 saturated carbocycles. The van der Waals surface area contributed by atoms with Gasteiger partial charge in [-0.25, -0.2) is 9.67 Å². The maximum Gasteiger partial charge on any atom is 0.167 e. The van der Waals surface area contributed by atoms with Gasteiger partial charge in [0.25, 0.3) is 0 Å². The van der Waals surface area contributed by atoms with E-state index >= 15 is 0 Å². The Morgan fingerprint density at radius 1 is 1.23 bits per heavy atom. The zero-order chi connectivity index (χ0) is 15.1. The van der Waals surface area contributed by atoms with Gasteiger partial charge in [0.1, 0.15) is 5.76 Å². The first-order chi connectivity index (χ1) is 10.7. The highest BCUT2D eigenvalue weighted by molar-refractivity contribution is 6.00. The van der Waals surface area contributed by atoms with Crippen LogP contribution in [0.5, 0.6) is 0 Å². The molecule has 4 rings (SSSR count). The molecule has 5 nitrogen and oxygen atoms in total. The molecular weight excluding hydrogens is 278 g/mol. The first-order valence-corrected chi connectivity index (χ1v) is 7.30. The van der Waals surface area contributed by atoms with E-state index in [2.05, 4.69) is 10.1 Å². The summed E-state index contributed by atoms with van der Waals surface area (Å²) in [6.45, 7) is 1.88. The molecule has 22 heavy (non-hydrogen) atoms. The van der Waals surface area contributed by atoms with Crippen molar-refractivity contribution in [2.45, 2.75) is 25.7 Å². The Bertz CT molecular complexity index is 819. The second-order valence-electron chi connectivity index (χ2n) is 5.55. The summed E-state index contributed by atoms with van der Waals surface area (Å²) >= 11 is 0. The number of nitrogens with zero attached hydrogens (tertiary/aromatic N) is 3. The molecule has 0 radical (unpaired) electrons. The highest BCUT2D eigenvalue weighted by Crippen LogP contribution is 2.35. The predicted molar refractivity (Wildman–Crippen MR) is 80.2 cm³/mol. The summed E-state index contributed by atoms with van der Waals surface area (Å²) in [6.07, 6.45) is 4.57. The molecule has 0 N–H and O–H groups in total. The minimum Gasteiger partial charge on any atom is -0.469 e. The summed E-state index contributed by atoms with van der Waals surface area (Å²) in [7, 11) is 0. The van der Waals surface area contributed by atoms with Crippen molar-refractivity contribution in [3.05, 3.63) is 65.5 Å². The Hall–Kier alpha value is -2.69. The summed E-state index contributed by atoms with van der Waals surface area (Å²) in [4.78, 5) is 16.9. The van der Waals surface area contributed by atoms with E-state index in [9.17, 15) is 4.79 Å². The number of ketones is 1. The van der Waals surface area contributed by atoms with Crippen LogP contribution in [0.3, 0.4) is 0 Å². The van der Waals surface area contributed by atoms with Crippen molar-refractivity contribution in [2.24, 2.45) is 0 Å². The van der Waals surface area contributed by atoms with Crippen LogP contribution < -0.4 is 0 Å². The van der Waals surface area contributed by atoms with E-state index < -0.39 is 0 Å². The monoisotopic (exact) mass is 293 g/mol. The number of aryl methyl sites for hydroxylation is 1. The van der Waals surface area contributed by atoms with Crippen molar-refractivity contribution in [1.82, 2.24) is 14.8 Å². The first-order valence-electron chi connectivity index (χ1n) is 7.30. The lowest BCUT2D eigenvalue weighted by molar-refractivity contribution is 0.0959. The molecular formula is C17H15N3O2.